The molecule has 0 rings (SSSR count). The molecule has 0 aliphatic carbocycles. The Labute approximate surface area is 157 Å². The van der Waals surface area contributed by atoms with E-state index < -0.39 is 18.2 Å². The van der Waals surface area contributed by atoms with Gasteiger partial charge in [-0.1, -0.05) is 79.8 Å². The quantitative estimate of drug-likeness (QED) is 0.315. The minimum Gasteiger partial charge on any atom is -0.481 e. The second kappa shape index (κ2) is 17.6. The third-order valence-corrected chi connectivity index (χ3v) is 3.29. The van der Waals surface area contributed by atoms with E-state index in [1.54, 1.807) is 24.3 Å². The minimum absolute atomic E-state index is 0.154. The van der Waals surface area contributed by atoms with Crippen LogP contribution in [0, 0.1) is 0 Å². The van der Waals surface area contributed by atoms with Crippen molar-refractivity contribution in [3.63, 3.8) is 0 Å². The summed E-state index contributed by atoms with van der Waals surface area (Å²) in [5, 5.41) is 28.0. The van der Waals surface area contributed by atoms with Crippen molar-refractivity contribution in [1.29, 1.82) is 0 Å². The Kier molecular flexibility index (Phi) is 16.2. The summed E-state index contributed by atoms with van der Waals surface area (Å²) < 4.78 is 0. The third-order valence-electron chi connectivity index (χ3n) is 3.29. The molecule has 26 heavy (non-hydrogen) atoms. The van der Waals surface area contributed by atoms with Gasteiger partial charge >= 0.3 is 5.97 Å². The number of hydrogen-bond donors (Lipinski definition) is 3. The number of carbonyl (C=O) groups is 1. The Morgan fingerprint density at radius 1 is 0.808 bits per heavy atom. The number of aliphatic hydroxyl groups excluding tert-OH is 2. The average Bonchev–Trinajstić information content (AvgIpc) is 2.60. The van der Waals surface area contributed by atoms with E-state index in [9.17, 15) is 15.0 Å². The van der Waals surface area contributed by atoms with Gasteiger partial charge < -0.3 is 15.3 Å². The molecule has 0 spiro atoms. The molecule has 4 nitrogen and oxygen atoms in total. The van der Waals surface area contributed by atoms with Crippen molar-refractivity contribution in [3.05, 3.63) is 72.9 Å². The lowest BCUT2D eigenvalue weighted by Crippen LogP contribution is -1.98. The third kappa shape index (κ3) is 18.2. The van der Waals surface area contributed by atoms with E-state index in [0.717, 1.165) is 12.8 Å². The molecule has 0 aromatic heterocycles. The monoisotopic (exact) mass is 360 g/mol. The first kappa shape index (κ1) is 23.8. The first-order valence-corrected chi connectivity index (χ1v) is 9.10. The molecular formula is C22H32O4. The van der Waals surface area contributed by atoms with Crippen LogP contribution in [-0.2, 0) is 4.79 Å². The lowest BCUT2D eigenvalue weighted by atomic mass is 10.2. The molecule has 0 aliphatic heterocycles. The highest BCUT2D eigenvalue weighted by atomic mass is 16.4. The summed E-state index contributed by atoms with van der Waals surface area (Å²) >= 11 is 0. The molecule has 0 saturated heterocycles. The predicted molar refractivity (Wildman–Crippen MR) is 108 cm³/mol. The van der Waals surface area contributed by atoms with Crippen LogP contribution in [0.1, 0.15) is 45.4 Å². The molecule has 0 aromatic carbocycles. The maximum Gasteiger partial charge on any atom is 0.303 e. The average molecular weight is 360 g/mol. The predicted octanol–water partition coefficient (Wildman–Crippen LogP) is 4.49. The summed E-state index contributed by atoms with van der Waals surface area (Å²) in [6.45, 7) is 2.06. The Morgan fingerprint density at radius 2 is 1.35 bits per heavy atom. The summed E-state index contributed by atoms with van der Waals surface area (Å²) in [4.78, 5) is 10.3. The SMILES string of the molecule is CC/C=C\CC(O)/C=C/C=C\C=C\[C@@H](O)C/C=C\C/C=C\CCC(=O)O. The highest BCUT2D eigenvalue weighted by Gasteiger charge is 1.94. The van der Waals surface area contributed by atoms with Gasteiger partial charge in [-0.05, 0) is 32.1 Å². The number of carboxylic acids is 1. The van der Waals surface area contributed by atoms with Crippen LogP contribution in [-0.4, -0.2) is 33.5 Å². The summed E-state index contributed by atoms with van der Waals surface area (Å²) in [6.07, 6.45) is 24.8. The van der Waals surface area contributed by atoms with Crippen LogP contribution >= 0.6 is 0 Å². The molecule has 1 unspecified atom stereocenters. The Balaban J connectivity index is 3.87. The van der Waals surface area contributed by atoms with Gasteiger partial charge in [0.1, 0.15) is 0 Å². The normalized spacial score (nSPS) is 15.5. The van der Waals surface area contributed by atoms with Crippen LogP contribution in [0.5, 0.6) is 0 Å². The number of aliphatic carboxylic acids is 1. The molecule has 2 atom stereocenters. The van der Waals surface area contributed by atoms with Gasteiger partial charge in [-0.2, -0.15) is 0 Å². The molecule has 0 bridgehead atoms. The highest BCUT2D eigenvalue weighted by molar-refractivity contribution is 5.66. The van der Waals surface area contributed by atoms with Crippen LogP contribution in [0.15, 0.2) is 72.9 Å². The molecule has 0 heterocycles. The highest BCUT2D eigenvalue weighted by Crippen LogP contribution is 2.00. The molecule has 0 saturated carbocycles. The maximum absolute atomic E-state index is 10.3. The molecule has 0 amide bonds. The molecule has 0 fully saturated rings. The van der Waals surface area contributed by atoms with Gasteiger partial charge in [0.25, 0.3) is 0 Å². The molecule has 3 N–H and O–H groups in total. The molecule has 4 heteroatoms. The van der Waals surface area contributed by atoms with Crippen molar-refractivity contribution in [2.24, 2.45) is 0 Å². The fraction of sp³-hybridized carbons (Fsp3) is 0.409. The second-order valence-electron chi connectivity index (χ2n) is 5.75. The number of allylic oxidation sites excluding steroid dienone is 8. The van der Waals surface area contributed by atoms with Gasteiger partial charge in [0.2, 0.25) is 0 Å². The van der Waals surface area contributed by atoms with Gasteiger partial charge in [-0.15, -0.1) is 0 Å². The summed E-state index contributed by atoms with van der Waals surface area (Å²) in [5.74, 6) is -0.787. The molecule has 144 valence electrons. The zero-order valence-corrected chi connectivity index (χ0v) is 15.6. The molecule has 0 aliphatic rings. The van der Waals surface area contributed by atoms with Crippen LogP contribution in [0.4, 0.5) is 0 Å². The summed E-state index contributed by atoms with van der Waals surface area (Å²) in [5.41, 5.74) is 0. The Bertz CT molecular complexity index is 524. The van der Waals surface area contributed by atoms with Crippen molar-refractivity contribution in [2.45, 2.75) is 57.7 Å². The smallest absolute Gasteiger partial charge is 0.303 e. The first-order valence-electron chi connectivity index (χ1n) is 9.10. The lowest BCUT2D eigenvalue weighted by Gasteiger charge is -1.99. The van der Waals surface area contributed by atoms with Gasteiger partial charge in [0, 0.05) is 6.42 Å². The van der Waals surface area contributed by atoms with Crippen LogP contribution in [0.2, 0.25) is 0 Å². The number of carboxylic acid groups (broad SMARTS) is 1. The van der Waals surface area contributed by atoms with E-state index in [0.29, 0.717) is 19.3 Å². The van der Waals surface area contributed by atoms with Crippen molar-refractivity contribution in [2.75, 3.05) is 0 Å². The van der Waals surface area contributed by atoms with Crippen LogP contribution in [0.25, 0.3) is 0 Å². The van der Waals surface area contributed by atoms with Gasteiger partial charge in [0.15, 0.2) is 0 Å². The van der Waals surface area contributed by atoms with E-state index in [-0.39, 0.29) is 6.42 Å². The topological polar surface area (TPSA) is 77.8 Å². The minimum atomic E-state index is -0.787. The Morgan fingerprint density at radius 3 is 1.88 bits per heavy atom. The van der Waals surface area contributed by atoms with E-state index in [1.165, 1.54) is 0 Å². The van der Waals surface area contributed by atoms with Gasteiger partial charge in [-0.3, -0.25) is 4.79 Å². The fourth-order valence-electron chi connectivity index (χ4n) is 1.90. The fourth-order valence-corrected chi connectivity index (χ4v) is 1.90. The van der Waals surface area contributed by atoms with E-state index in [1.807, 2.05) is 48.6 Å². The number of aliphatic hydroxyl groups is 2. The van der Waals surface area contributed by atoms with Crippen molar-refractivity contribution in [1.82, 2.24) is 0 Å². The molecule has 0 radical (unpaired) electrons. The second-order valence-corrected chi connectivity index (χ2v) is 5.75. The zero-order chi connectivity index (χ0) is 19.5. The number of rotatable bonds is 14. The standard InChI is InChI=1S/C22H32O4/c1-2-3-10-15-20(23)17-12-8-9-13-18-21(24)16-11-6-4-5-7-14-19-22(25)26/h3,5-13,17-18,20-21,23-24H,2,4,14-16,19H2,1H3,(H,25,26)/b7-5-,9-8-,10-3-,11-6-,17-12+,18-13+/t20?,21-/m0/s1. The van der Waals surface area contributed by atoms with Crippen molar-refractivity contribution < 1.29 is 20.1 Å². The van der Waals surface area contributed by atoms with E-state index >= 15 is 0 Å². The largest absolute Gasteiger partial charge is 0.481 e. The lowest BCUT2D eigenvalue weighted by molar-refractivity contribution is -0.136. The Hall–Kier alpha value is -2.17. The van der Waals surface area contributed by atoms with Crippen LogP contribution < -0.4 is 0 Å². The van der Waals surface area contributed by atoms with E-state index in [4.69, 9.17) is 5.11 Å². The summed E-state index contributed by atoms with van der Waals surface area (Å²) in [6, 6.07) is 0. The van der Waals surface area contributed by atoms with Crippen molar-refractivity contribution >= 4 is 5.97 Å². The van der Waals surface area contributed by atoms with Gasteiger partial charge in [-0.25, -0.2) is 0 Å². The molecular weight excluding hydrogens is 328 g/mol. The van der Waals surface area contributed by atoms with E-state index in [2.05, 4.69) is 6.92 Å². The first-order chi connectivity index (χ1) is 12.6. The number of hydrogen-bond acceptors (Lipinski definition) is 3. The zero-order valence-electron chi connectivity index (χ0n) is 15.6. The summed E-state index contributed by atoms with van der Waals surface area (Å²) in [7, 11) is 0. The van der Waals surface area contributed by atoms with Crippen LogP contribution in [0.3, 0.4) is 0 Å². The van der Waals surface area contributed by atoms with Crippen molar-refractivity contribution in [3.8, 4) is 0 Å². The van der Waals surface area contributed by atoms with Gasteiger partial charge in [0.05, 0.1) is 12.2 Å². The molecule has 0 aromatic rings. The maximum atomic E-state index is 10.3.